The summed E-state index contributed by atoms with van der Waals surface area (Å²) >= 11 is 0. The molecule has 0 amide bonds. The van der Waals surface area contributed by atoms with Gasteiger partial charge in [0.15, 0.2) is 0 Å². The summed E-state index contributed by atoms with van der Waals surface area (Å²) in [5, 5.41) is 5.28. The number of ether oxygens (including phenoxy) is 1. The summed E-state index contributed by atoms with van der Waals surface area (Å²) in [5.41, 5.74) is 15.9. The highest BCUT2D eigenvalue weighted by molar-refractivity contribution is 5.93. The number of rotatable bonds is 3. The van der Waals surface area contributed by atoms with Gasteiger partial charge in [-0.1, -0.05) is 71.9 Å². The molecule has 0 saturated heterocycles. The van der Waals surface area contributed by atoms with Crippen LogP contribution in [0.25, 0.3) is 0 Å². The van der Waals surface area contributed by atoms with Gasteiger partial charge in [0.25, 0.3) is 0 Å². The van der Waals surface area contributed by atoms with Crippen molar-refractivity contribution in [2.75, 3.05) is 18.1 Å². The van der Waals surface area contributed by atoms with Crippen LogP contribution in [0.1, 0.15) is 66.9 Å². The van der Waals surface area contributed by atoms with E-state index >= 15 is 0 Å². The molecule has 3 rings (SSSR count). The minimum absolute atomic E-state index is 0. The Morgan fingerprint density at radius 3 is 1.74 bits per heavy atom. The molecule has 1 aliphatic rings. The van der Waals surface area contributed by atoms with Gasteiger partial charge in [0, 0.05) is 12.1 Å². The number of hydrogen-bond donors (Lipinski definition) is 3. The van der Waals surface area contributed by atoms with Crippen molar-refractivity contribution >= 4 is 28.7 Å². The minimum Gasteiger partial charge on any atom is -1.00 e. The maximum absolute atomic E-state index is 5.39. The standard InChI is InChI=1S/C10H11N.C6H8N2.C5H11NO.2C2H6.ClH/c1-2-9-7-8-5-3-4-6-10(8)11-9;7-5-3-1-2-4-6(5)8;1-3-5(6)7-4-2;2*1-2;/h3-6H,2,7H2,1H3;1-4H,7-8H2;6H,3-4H2,1-2H3;2*1-2H3;1H. The highest BCUT2D eigenvalue weighted by atomic mass is 35.5. The lowest BCUT2D eigenvalue weighted by molar-refractivity contribution is -0.142. The van der Waals surface area contributed by atoms with Crippen LogP contribution in [0.5, 0.6) is 0 Å². The monoisotopic (exact) mass is 450 g/mol. The molecule has 0 aliphatic carbocycles. The first-order valence-corrected chi connectivity index (χ1v) is 11.0. The number of para-hydroxylation sites is 3. The fourth-order valence-electron chi connectivity index (χ4n) is 2.20. The van der Waals surface area contributed by atoms with E-state index in [2.05, 4.69) is 30.1 Å². The molecule has 1 heterocycles. The van der Waals surface area contributed by atoms with Crippen LogP contribution in [0.4, 0.5) is 17.1 Å². The van der Waals surface area contributed by atoms with Gasteiger partial charge in [-0.3, -0.25) is 4.99 Å². The number of benzene rings is 2. The number of aliphatic imine (C=N–C) groups is 1. The van der Waals surface area contributed by atoms with Crippen LogP contribution in [0.3, 0.4) is 0 Å². The topological polar surface area (TPSA) is 99.2 Å². The summed E-state index contributed by atoms with van der Waals surface area (Å²) in [5.74, 6) is 0.627. The summed E-state index contributed by atoms with van der Waals surface area (Å²) in [6.45, 7) is 14.7. The fraction of sp³-hybridized carbons (Fsp3) is 0.440. The Morgan fingerprint density at radius 2 is 1.39 bits per heavy atom. The normalized spacial score (nSPS) is 9.71. The van der Waals surface area contributed by atoms with Crippen molar-refractivity contribution in [2.45, 2.75) is 67.7 Å². The molecule has 176 valence electrons. The quantitative estimate of drug-likeness (QED) is 0.379. The number of nitrogens with two attached hydrogens (primary N) is 3. The van der Waals surface area contributed by atoms with Gasteiger partial charge < -0.3 is 28.6 Å². The predicted molar refractivity (Wildman–Crippen MR) is 134 cm³/mol. The van der Waals surface area contributed by atoms with Crippen LogP contribution in [0.2, 0.25) is 0 Å². The zero-order chi connectivity index (χ0) is 23.4. The molecule has 2 aromatic carbocycles. The van der Waals surface area contributed by atoms with Crippen LogP contribution in [-0.4, -0.2) is 18.2 Å². The Hall–Kier alpha value is -2.53. The minimum atomic E-state index is 0. The van der Waals surface area contributed by atoms with Gasteiger partial charge in [0.1, 0.15) is 0 Å². The van der Waals surface area contributed by atoms with Crippen molar-refractivity contribution in [3.05, 3.63) is 54.1 Å². The lowest BCUT2D eigenvalue weighted by Gasteiger charge is -1.94. The van der Waals surface area contributed by atoms with E-state index in [4.69, 9.17) is 21.6 Å². The molecule has 0 fully saturated rings. The molecule has 0 unspecified atom stereocenters. The molecule has 0 aromatic heterocycles. The molecule has 31 heavy (non-hydrogen) atoms. The lowest BCUT2D eigenvalue weighted by atomic mass is 10.1. The SMILES string of the molecule is CC.CC.CCC1=Nc2ccccc2C1.CCOC(=[NH2+])CC.Nc1ccccc1N.[Cl-]. The van der Waals surface area contributed by atoms with Gasteiger partial charge in [0.05, 0.1) is 30.1 Å². The predicted octanol–water partition coefficient (Wildman–Crippen LogP) is 2.22. The van der Waals surface area contributed by atoms with E-state index in [-0.39, 0.29) is 12.4 Å². The molecule has 0 atom stereocenters. The van der Waals surface area contributed by atoms with E-state index in [1.54, 1.807) is 12.1 Å². The van der Waals surface area contributed by atoms with E-state index in [0.29, 0.717) is 23.9 Å². The Labute approximate surface area is 196 Å². The number of hydrogen-bond acceptors (Lipinski definition) is 4. The Kier molecular flexibility index (Phi) is 23.7. The van der Waals surface area contributed by atoms with Gasteiger partial charge in [-0.05, 0) is 37.1 Å². The molecule has 6 heteroatoms. The average molecular weight is 451 g/mol. The van der Waals surface area contributed by atoms with Crippen LogP contribution in [-0.2, 0) is 11.2 Å². The van der Waals surface area contributed by atoms with Crippen molar-refractivity contribution in [1.82, 2.24) is 0 Å². The first-order valence-electron chi connectivity index (χ1n) is 11.0. The number of nitrogen functional groups attached to an aromatic ring is 2. The highest BCUT2D eigenvalue weighted by Crippen LogP contribution is 2.26. The fourth-order valence-corrected chi connectivity index (χ4v) is 2.20. The van der Waals surface area contributed by atoms with Crippen LogP contribution >= 0.6 is 0 Å². The van der Waals surface area contributed by atoms with Gasteiger partial charge >= 0.3 is 5.90 Å². The maximum Gasteiger partial charge on any atom is 0.332 e. The smallest absolute Gasteiger partial charge is 0.332 e. The summed E-state index contributed by atoms with van der Waals surface area (Å²) in [6.07, 6.45) is 2.95. The zero-order valence-electron chi connectivity index (χ0n) is 20.4. The zero-order valence-corrected chi connectivity index (χ0v) is 21.2. The number of halogens is 1. The second kappa shape index (κ2) is 22.2. The lowest BCUT2D eigenvalue weighted by Crippen LogP contribution is -3.00. The van der Waals surface area contributed by atoms with Gasteiger partial charge in [-0.25, -0.2) is 5.41 Å². The van der Waals surface area contributed by atoms with Crippen molar-refractivity contribution in [2.24, 2.45) is 4.99 Å². The number of nitrogens with zero attached hydrogens (tertiary/aromatic N) is 1. The molecule has 5 nitrogen and oxygen atoms in total. The van der Waals surface area contributed by atoms with E-state index in [9.17, 15) is 0 Å². The summed E-state index contributed by atoms with van der Waals surface area (Å²) in [7, 11) is 0. The molecule has 0 saturated carbocycles. The van der Waals surface area contributed by atoms with E-state index in [1.165, 1.54) is 17.0 Å². The van der Waals surface area contributed by atoms with Gasteiger partial charge in [0.2, 0.25) is 0 Å². The van der Waals surface area contributed by atoms with Crippen molar-refractivity contribution < 1.29 is 22.6 Å². The third-order valence-corrected chi connectivity index (χ3v) is 3.75. The van der Waals surface area contributed by atoms with Crippen molar-refractivity contribution in [3.8, 4) is 0 Å². The van der Waals surface area contributed by atoms with Crippen molar-refractivity contribution in [1.29, 1.82) is 0 Å². The van der Waals surface area contributed by atoms with Crippen LogP contribution in [0.15, 0.2) is 53.5 Å². The van der Waals surface area contributed by atoms with Gasteiger partial charge in [-0.15, -0.1) is 0 Å². The maximum atomic E-state index is 5.39. The Bertz CT molecular complexity index is 712. The van der Waals surface area contributed by atoms with E-state index < -0.39 is 0 Å². The highest BCUT2D eigenvalue weighted by Gasteiger charge is 2.10. The first kappa shape index (κ1) is 33.1. The van der Waals surface area contributed by atoms with Gasteiger partial charge in [-0.2, -0.15) is 0 Å². The second-order valence-electron chi connectivity index (χ2n) is 5.72. The summed E-state index contributed by atoms with van der Waals surface area (Å²) < 4.78 is 4.89. The summed E-state index contributed by atoms with van der Waals surface area (Å²) in [6, 6.07) is 15.6. The summed E-state index contributed by atoms with van der Waals surface area (Å²) in [4.78, 5) is 4.49. The van der Waals surface area contributed by atoms with Crippen molar-refractivity contribution in [3.63, 3.8) is 0 Å². The van der Waals surface area contributed by atoms with Crippen LogP contribution in [0, 0.1) is 0 Å². The molecular formula is C25H43ClN4O. The molecule has 1 aliphatic heterocycles. The van der Waals surface area contributed by atoms with E-state index in [1.807, 2.05) is 59.7 Å². The number of anilines is 2. The molecule has 0 bridgehead atoms. The first-order chi connectivity index (χ1) is 14.5. The molecule has 6 N–H and O–H groups in total. The largest absolute Gasteiger partial charge is 1.00 e. The second-order valence-corrected chi connectivity index (χ2v) is 5.72. The molecule has 0 radical (unpaired) electrons. The average Bonchev–Trinajstić information content (AvgIpc) is 3.23. The third kappa shape index (κ3) is 15.0. The molecule has 2 aromatic rings. The Morgan fingerprint density at radius 1 is 0.903 bits per heavy atom. The third-order valence-electron chi connectivity index (χ3n) is 3.75. The Balaban J connectivity index is -0.000000355. The molecular weight excluding hydrogens is 408 g/mol. The van der Waals surface area contributed by atoms with Crippen LogP contribution < -0.4 is 29.3 Å². The van der Waals surface area contributed by atoms with E-state index in [0.717, 1.165) is 19.3 Å². The molecule has 0 spiro atoms. The number of fused-ring (bicyclic) bond motifs is 1.